The molecule has 0 aliphatic rings. The molecule has 32 heavy (non-hydrogen) atoms. The van der Waals surface area contributed by atoms with E-state index >= 15 is 0 Å². The maximum Gasteiger partial charge on any atom is 0.326 e. The minimum absolute atomic E-state index is 0.0600. The van der Waals surface area contributed by atoms with E-state index in [0.29, 0.717) is 5.69 Å². The standard InChI is InChI=1S/C19H30N6O7/c1-9(2)4-12(17(29)25-14(19(31)32)5-11-7-21-8-22-11)24-18(30)13(6-15(26)27)23-16(28)10(3)20/h7-10,12-14H,4-6,20H2,1-3H3,(H,21,22)(H,23,28)(H,24,30)(H,25,29)(H,26,27)(H,31,32). The Labute approximate surface area is 184 Å². The van der Waals surface area contributed by atoms with E-state index in [9.17, 15) is 29.1 Å². The first kappa shape index (κ1) is 26.6. The first-order chi connectivity index (χ1) is 14.9. The van der Waals surface area contributed by atoms with Gasteiger partial charge in [0.05, 0.1) is 18.8 Å². The van der Waals surface area contributed by atoms with Gasteiger partial charge >= 0.3 is 11.9 Å². The predicted molar refractivity (Wildman–Crippen MR) is 111 cm³/mol. The van der Waals surface area contributed by atoms with Gasteiger partial charge in [0.25, 0.3) is 0 Å². The van der Waals surface area contributed by atoms with Crippen molar-refractivity contribution < 1.29 is 34.2 Å². The Balaban J connectivity index is 2.96. The van der Waals surface area contributed by atoms with Crippen molar-refractivity contribution in [1.29, 1.82) is 0 Å². The number of rotatable bonds is 13. The monoisotopic (exact) mass is 454 g/mol. The third-order valence-electron chi connectivity index (χ3n) is 4.36. The number of amides is 3. The number of H-pyrrole nitrogens is 1. The fraction of sp³-hybridized carbons (Fsp3) is 0.579. The molecule has 13 nitrogen and oxygen atoms in total. The highest BCUT2D eigenvalue weighted by Crippen LogP contribution is 2.08. The number of carboxylic acid groups (broad SMARTS) is 2. The number of carbonyl (C=O) groups excluding carboxylic acids is 3. The van der Waals surface area contributed by atoms with Crippen molar-refractivity contribution in [2.75, 3.05) is 0 Å². The Morgan fingerprint density at radius 3 is 2.00 bits per heavy atom. The minimum Gasteiger partial charge on any atom is -0.481 e. The SMILES string of the molecule is CC(C)CC(NC(=O)C(CC(=O)O)NC(=O)C(C)N)C(=O)NC(Cc1cnc[nH]1)C(=O)O. The van der Waals surface area contributed by atoms with Gasteiger partial charge in [-0.1, -0.05) is 13.8 Å². The number of nitrogens with two attached hydrogens (primary N) is 1. The number of nitrogens with zero attached hydrogens (tertiary/aromatic N) is 1. The second-order valence-corrected chi connectivity index (χ2v) is 7.82. The number of hydrogen-bond donors (Lipinski definition) is 7. The fourth-order valence-corrected chi connectivity index (χ4v) is 2.75. The molecule has 3 amide bonds. The number of nitrogens with one attached hydrogen (secondary N) is 4. The molecule has 0 fully saturated rings. The number of aromatic amines is 1. The number of imidazole rings is 1. The summed E-state index contributed by atoms with van der Waals surface area (Å²) < 4.78 is 0. The van der Waals surface area contributed by atoms with Gasteiger partial charge in [0, 0.05) is 18.3 Å². The Morgan fingerprint density at radius 1 is 0.969 bits per heavy atom. The summed E-state index contributed by atoms with van der Waals surface area (Å²) in [5.41, 5.74) is 5.94. The number of hydrogen-bond acceptors (Lipinski definition) is 7. The van der Waals surface area contributed by atoms with Crippen molar-refractivity contribution >= 4 is 29.7 Å². The van der Waals surface area contributed by atoms with Crippen LogP contribution in [0.3, 0.4) is 0 Å². The summed E-state index contributed by atoms with van der Waals surface area (Å²) in [4.78, 5) is 66.6. The van der Waals surface area contributed by atoms with Gasteiger partial charge in [-0.05, 0) is 19.3 Å². The van der Waals surface area contributed by atoms with Crippen LogP contribution in [0.25, 0.3) is 0 Å². The summed E-state index contributed by atoms with van der Waals surface area (Å²) in [5.74, 6) is -5.09. The highest BCUT2D eigenvalue weighted by Gasteiger charge is 2.31. The van der Waals surface area contributed by atoms with Gasteiger partial charge in [-0.2, -0.15) is 0 Å². The number of carbonyl (C=O) groups is 5. The molecule has 13 heteroatoms. The van der Waals surface area contributed by atoms with Crippen molar-refractivity contribution in [1.82, 2.24) is 25.9 Å². The van der Waals surface area contributed by atoms with Crippen LogP contribution < -0.4 is 21.7 Å². The smallest absolute Gasteiger partial charge is 0.326 e. The molecule has 4 unspecified atom stereocenters. The summed E-state index contributed by atoms with van der Waals surface area (Å²) in [7, 11) is 0. The van der Waals surface area contributed by atoms with E-state index in [0.717, 1.165) is 0 Å². The summed E-state index contributed by atoms with van der Waals surface area (Å²) in [6.07, 6.45) is 2.16. The van der Waals surface area contributed by atoms with Crippen LogP contribution in [0.1, 0.15) is 39.3 Å². The van der Waals surface area contributed by atoms with Gasteiger partial charge in [-0.15, -0.1) is 0 Å². The normalized spacial score (nSPS) is 14.7. The topological polar surface area (TPSA) is 217 Å². The molecule has 0 aromatic carbocycles. The first-order valence-corrected chi connectivity index (χ1v) is 9.99. The number of carboxylic acids is 2. The molecular formula is C19H30N6O7. The van der Waals surface area contributed by atoms with Gasteiger partial charge in [0.15, 0.2) is 0 Å². The van der Waals surface area contributed by atoms with Crippen LogP contribution in [0.15, 0.2) is 12.5 Å². The summed E-state index contributed by atoms with van der Waals surface area (Å²) in [5, 5.41) is 25.5. The predicted octanol–water partition coefficient (Wildman–Crippen LogP) is -1.64. The Bertz CT molecular complexity index is 809. The third-order valence-corrected chi connectivity index (χ3v) is 4.36. The van der Waals surface area contributed by atoms with Gasteiger partial charge in [0.1, 0.15) is 18.1 Å². The molecule has 0 bridgehead atoms. The van der Waals surface area contributed by atoms with Gasteiger partial charge in [0.2, 0.25) is 17.7 Å². The van der Waals surface area contributed by atoms with E-state index in [-0.39, 0.29) is 18.8 Å². The maximum absolute atomic E-state index is 12.8. The van der Waals surface area contributed by atoms with Crippen LogP contribution in [-0.4, -0.2) is 74.0 Å². The molecule has 0 radical (unpaired) electrons. The molecule has 1 heterocycles. The molecule has 8 N–H and O–H groups in total. The zero-order valence-electron chi connectivity index (χ0n) is 18.1. The molecular weight excluding hydrogens is 424 g/mol. The zero-order chi connectivity index (χ0) is 24.4. The molecule has 1 rings (SSSR count). The zero-order valence-corrected chi connectivity index (χ0v) is 18.1. The lowest BCUT2D eigenvalue weighted by atomic mass is 10.0. The van der Waals surface area contributed by atoms with Gasteiger partial charge in [-0.3, -0.25) is 19.2 Å². The number of aliphatic carboxylic acids is 2. The second kappa shape index (κ2) is 12.4. The molecule has 1 aromatic rings. The average molecular weight is 454 g/mol. The van der Waals surface area contributed by atoms with Crippen molar-refractivity contribution in [3.05, 3.63) is 18.2 Å². The summed E-state index contributed by atoms with van der Waals surface area (Å²) in [6.45, 7) is 4.95. The quantitative estimate of drug-likeness (QED) is 0.181. The molecule has 0 aliphatic carbocycles. The molecule has 178 valence electrons. The summed E-state index contributed by atoms with van der Waals surface area (Å²) >= 11 is 0. The van der Waals surface area contributed by atoms with E-state index in [1.807, 2.05) is 0 Å². The lowest BCUT2D eigenvalue weighted by Gasteiger charge is -2.25. The molecule has 0 saturated heterocycles. The van der Waals surface area contributed by atoms with Crippen LogP contribution in [0.4, 0.5) is 0 Å². The fourth-order valence-electron chi connectivity index (χ4n) is 2.75. The highest BCUT2D eigenvalue weighted by atomic mass is 16.4. The van der Waals surface area contributed by atoms with E-state index in [2.05, 4.69) is 25.9 Å². The lowest BCUT2D eigenvalue weighted by molar-refractivity contribution is -0.143. The minimum atomic E-state index is -1.46. The molecule has 1 aromatic heterocycles. The van der Waals surface area contributed by atoms with E-state index < -0.39 is 60.2 Å². The van der Waals surface area contributed by atoms with Crippen molar-refractivity contribution in [3.63, 3.8) is 0 Å². The lowest BCUT2D eigenvalue weighted by Crippen LogP contribution is -2.57. The molecule has 0 spiro atoms. The maximum atomic E-state index is 12.8. The van der Waals surface area contributed by atoms with Crippen molar-refractivity contribution in [3.8, 4) is 0 Å². The van der Waals surface area contributed by atoms with E-state index in [1.54, 1.807) is 13.8 Å². The van der Waals surface area contributed by atoms with Gasteiger partial charge < -0.3 is 36.9 Å². The van der Waals surface area contributed by atoms with Crippen LogP contribution in [0.2, 0.25) is 0 Å². The van der Waals surface area contributed by atoms with Crippen molar-refractivity contribution in [2.24, 2.45) is 11.7 Å². The largest absolute Gasteiger partial charge is 0.481 e. The van der Waals surface area contributed by atoms with E-state index in [1.165, 1.54) is 19.4 Å². The molecule has 4 atom stereocenters. The first-order valence-electron chi connectivity index (χ1n) is 9.99. The van der Waals surface area contributed by atoms with Gasteiger partial charge in [-0.25, -0.2) is 9.78 Å². The van der Waals surface area contributed by atoms with Crippen LogP contribution in [-0.2, 0) is 30.4 Å². The van der Waals surface area contributed by atoms with E-state index in [4.69, 9.17) is 10.8 Å². The van der Waals surface area contributed by atoms with Crippen LogP contribution in [0, 0.1) is 5.92 Å². The van der Waals surface area contributed by atoms with Crippen LogP contribution >= 0.6 is 0 Å². The highest BCUT2D eigenvalue weighted by molar-refractivity contribution is 5.95. The van der Waals surface area contributed by atoms with Crippen molar-refractivity contribution in [2.45, 2.75) is 64.2 Å². The Morgan fingerprint density at radius 2 is 1.53 bits per heavy atom. The average Bonchev–Trinajstić information content (AvgIpc) is 3.18. The number of aromatic nitrogens is 2. The Hall–Kier alpha value is -3.48. The second-order valence-electron chi connectivity index (χ2n) is 7.82. The molecule has 0 aliphatic heterocycles. The Kier molecular flexibility index (Phi) is 10.3. The van der Waals surface area contributed by atoms with Crippen LogP contribution in [0.5, 0.6) is 0 Å². The third kappa shape index (κ3) is 9.12. The summed E-state index contributed by atoms with van der Waals surface area (Å²) in [6, 6.07) is -4.89. The molecule has 0 saturated carbocycles.